The first-order valence-electron chi connectivity index (χ1n) is 17.1. The number of nitrogens with two attached hydrogens (primary N) is 1. The van der Waals surface area contributed by atoms with Crippen molar-refractivity contribution in [3.05, 3.63) is 16.8 Å². The molecular formula is C33H52N6O7S. The third-order valence-electron chi connectivity index (χ3n) is 9.22. The molecule has 1 aliphatic heterocycles. The molecule has 4 N–H and O–H groups in total. The zero-order valence-corrected chi connectivity index (χ0v) is 28.9. The van der Waals surface area contributed by atoms with Gasteiger partial charge in [-0.15, -0.1) is 11.3 Å². The van der Waals surface area contributed by atoms with Crippen molar-refractivity contribution < 1.29 is 33.6 Å². The number of hydrogen-bond acceptors (Lipinski definition) is 12. The summed E-state index contributed by atoms with van der Waals surface area (Å²) in [6, 6.07) is 0.575. The van der Waals surface area contributed by atoms with Gasteiger partial charge in [-0.1, -0.05) is 0 Å². The zero-order valence-electron chi connectivity index (χ0n) is 28.1. The minimum absolute atomic E-state index is 0.0517. The smallest absolute Gasteiger partial charge is 0.407 e. The number of aliphatic hydroxyl groups excluding tert-OH is 1. The molecular weight excluding hydrogens is 624 g/mol. The van der Waals surface area contributed by atoms with Gasteiger partial charge in [0.15, 0.2) is 0 Å². The van der Waals surface area contributed by atoms with Crippen LogP contribution in [0.4, 0.5) is 4.79 Å². The molecule has 0 aromatic carbocycles. The van der Waals surface area contributed by atoms with Crippen LogP contribution >= 0.6 is 11.3 Å². The number of nitrogens with zero attached hydrogens (tertiary/aromatic N) is 4. The van der Waals surface area contributed by atoms with Gasteiger partial charge in [0.05, 0.1) is 31.8 Å². The maximum Gasteiger partial charge on any atom is 0.407 e. The fraction of sp³-hybridized carbons (Fsp3) is 0.758. The van der Waals surface area contributed by atoms with E-state index in [9.17, 15) is 14.7 Å². The number of carbonyl (C=O) groups excluding carboxylic acids is 2. The summed E-state index contributed by atoms with van der Waals surface area (Å²) in [7, 11) is 0. The Kier molecular flexibility index (Phi) is 12.6. The highest BCUT2D eigenvalue weighted by molar-refractivity contribution is 7.19. The predicted octanol–water partition coefficient (Wildman–Crippen LogP) is 2.82. The van der Waals surface area contributed by atoms with Gasteiger partial charge < -0.3 is 35.1 Å². The molecule has 0 radical (unpaired) electrons. The van der Waals surface area contributed by atoms with Gasteiger partial charge in [0.25, 0.3) is 0 Å². The molecule has 262 valence electrons. The van der Waals surface area contributed by atoms with Gasteiger partial charge in [-0.3, -0.25) is 14.6 Å². The molecule has 2 fully saturated rings. The number of aliphatic hydroxyl groups is 1. The van der Waals surface area contributed by atoms with Gasteiger partial charge >= 0.3 is 6.09 Å². The Morgan fingerprint density at radius 1 is 1.04 bits per heavy atom. The quantitative estimate of drug-likeness (QED) is 0.238. The minimum Gasteiger partial charge on any atom is -0.474 e. The lowest BCUT2D eigenvalue weighted by Crippen LogP contribution is -2.52. The number of amides is 2. The van der Waals surface area contributed by atoms with Gasteiger partial charge in [0, 0.05) is 50.2 Å². The molecule has 3 aliphatic rings. The van der Waals surface area contributed by atoms with E-state index in [4.69, 9.17) is 24.7 Å². The average Bonchev–Trinajstić information content (AvgIpc) is 3.60. The SMILES string of the molecule is CC(C)(C)OC(=O)NCCOCCOCCN1CCN(C2CCC(Oc3ncnc4sc5c(c34)[C@@H](C[C@H](O)C(N)=O)CC5)CC2)CC1. The molecule has 13 nitrogen and oxygen atoms in total. The lowest BCUT2D eigenvalue weighted by Gasteiger charge is -2.41. The van der Waals surface area contributed by atoms with E-state index in [1.54, 1.807) is 17.7 Å². The van der Waals surface area contributed by atoms with Crippen molar-refractivity contribution in [3.63, 3.8) is 0 Å². The van der Waals surface area contributed by atoms with Crippen LogP contribution in [0.5, 0.6) is 5.88 Å². The summed E-state index contributed by atoms with van der Waals surface area (Å²) >= 11 is 1.67. The number of aryl methyl sites for hydroxylation is 1. The lowest BCUT2D eigenvalue weighted by atomic mass is 9.91. The van der Waals surface area contributed by atoms with Crippen LogP contribution in [-0.4, -0.2) is 126 Å². The fourth-order valence-corrected chi connectivity index (χ4v) is 8.08. The van der Waals surface area contributed by atoms with Crippen molar-refractivity contribution in [2.45, 2.75) is 95.5 Å². The molecule has 0 unspecified atom stereocenters. The topological polar surface area (TPSA) is 162 Å². The Morgan fingerprint density at radius 3 is 2.47 bits per heavy atom. The summed E-state index contributed by atoms with van der Waals surface area (Å²) in [6.07, 6.45) is 6.39. The molecule has 3 heterocycles. The first kappa shape index (κ1) is 35.7. The third-order valence-corrected chi connectivity index (χ3v) is 10.4. The number of nitrogens with one attached hydrogen (secondary N) is 1. The number of fused-ring (bicyclic) bond motifs is 3. The number of piperazine rings is 1. The van der Waals surface area contributed by atoms with Crippen LogP contribution in [0.25, 0.3) is 10.2 Å². The summed E-state index contributed by atoms with van der Waals surface area (Å²) in [4.78, 5) is 39.5. The maximum atomic E-state index is 11.6. The predicted molar refractivity (Wildman–Crippen MR) is 179 cm³/mol. The molecule has 0 bridgehead atoms. The third kappa shape index (κ3) is 10.2. The first-order valence-corrected chi connectivity index (χ1v) is 17.9. The minimum atomic E-state index is -1.15. The van der Waals surface area contributed by atoms with Crippen LogP contribution in [0.3, 0.4) is 0 Å². The van der Waals surface area contributed by atoms with Gasteiger partial charge in [-0.2, -0.15) is 0 Å². The van der Waals surface area contributed by atoms with Crippen molar-refractivity contribution >= 4 is 33.6 Å². The van der Waals surface area contributed by atoms with Crippen molar-refractivity contribution in [2.75, 3.05) is 65.7 Å². The van der Waals surface area contributed by atoms with Crippen LogP contribution in [0.1, 0.15) is 75.7 Å². The number of primary amides is 1. The van der Waals surface area contributed by atoms with Crippen molar-refractivity contribution in [1.29, 1.82) is 0 Å². The van der Waals surface area contributed by atoms with Crippen LogP contribution in [0.15, 0.2) is 6.33 Å². The molecule has 1 saturated heterocycles. The number of thiophene rings is 1. The van der Waals surface area contributed by atoms with E-state index in [2.05, 4.69) is 25.1 Å². The molecule has 2 aromatic heterocycles. The molecule has 47 heavy (non-hydrogen) atoms. The second-order valence-electron chi connectivity index (χ2n) is 13.8. The average molecular weight is 677 g/mol. The first-order chi connectivity index (χ1) is 22.6. The lowest BCUT2D eigenvalue weighted by molar-refractivity contribution is -0.126. The summed E-state index contributed by atoms with van der Waals surface area (Å²) in [5.74, 6) is 0.00395. The Morgan fingerprint density at radius 2 is 1.77 bits per heavy atom. The van der Waals surface area contributed by atoms with Crippen LogP contribution in [-0.2, 0) is 25.4 Å². The summed E-state index contributed by atoms with van der Waals surface area (Å²) in [5.41, 5.74) is 5.98. The second-order valence-corrected chi connectivity index (χ2v) is 14.9. The number of rotatable bonds is 15. The summed E-state index contributed by atoms with van der Waals surface area (Å²) < 4.78 is 23.0. The Balaban J connectivity index is 0.965. The number of hydrogen-bond donors (Lipinski definition) is 3. The van der Waals surface area contributed by atoms with E-state index in [1.807, 2.05) is 20.8 Å². The van der Waals surface area contributed by atoms with Gasteiger partial charge in [-0.25, -0.2) is 14.8 Å². The molecule has 2 aliphatic carbocycles. The summed E-state index contributed by atoms with van der Waals surface area (Å²) in [6.45, 7) is 13.2. The van der Waals surface area contributed by atoms with Crippen molar-refractivity contribution in [3.8, 4) is 5.88 Å². The Labute approximate surface area is 281 Å². The number of alkyl carbamates (subject to hydrolysis) is 1. The monoisotopic (exact) mass is 676 g/mol. The molecule has 14 heteroatoms. The highest BCUT2D eigenvalue weighted by atomic mass is 32.1. The van der Waals surface area contributed by atoms with E-state index >= 15 is 0 Å². The molecule has 0 spiro atoms. The van der Waals surface area contributed by atoms with E-state index in [0.29, 0.717) is 51.3 Å². The van der Waals surface area contributed by atoms with E-state index in [-0.39, 0.29) is 12.0 Å². The van der Waals surface area contributed by atoms with Crippen LogP contribution in [0.2, 0.25) is 0 Å². The van der Waals surface area contributed by atoms with Gasteiger partial charge in [-0.05, 0) is 77.2 Å². The van der Waals surface area contributed by atoms with Crippen molar-refractivity contribution in [1.82, 2.24) is 25.1 Å². The van der Waals surface area contributed by atoms with Gasteiger partial charge in [0.2, 0.25) is 11.8 Å². The van der Waals surface area contributed by atoms with E-state index < -0.39 is 23.7 Å². The highest BCUT2D eigenvalue weighted by Crippen LogP contribution is 2.47. The second kappa shape index (κ2) is 16.7. The number of ether oxygens (including phenoxy) is 4. The van der Waals surface area contributed by atoms with Gasteiger partial charge in [0.1, 0.15) is 29.0 Å². The largest absolute Gasteiger partial charge is 0.474 e. The zero-order chi connectivity index (χ0) is 33.4. The van der Waals surface area contributed by atoms with E-state index in [1.165, 1.54) is 4.88 Å². The standard InChI is InChI=1S/C33H52N6O7S/c1-33(2,3)46-32(42)35-10-16-43-18-19-44-17-15-38-11-13-39(14-12-38)23-5-7-24(8-6-23)45-30-28-27-22(20-25(40)29(34)41)4-9-26(27)47-31(28)37-21-36-30/h21-25,40H,4-20H2,1-3H3,(H2,34,41)(H,35,42)/t22-,23?,24?,25+/m1/s1. The summed E-state index contributed by atoms with van der Waals surface area (Å²) in [5, 5.41) is 13.8. The Bertz CT molecular complexity index is 1320. The van der Waals surface area contributed by atoms with Crippen LogP contribution in [0, 0.1) is 0 Å². The molecule has 2 amide bonds. The number of aromatic nitrogens is 2. The Hall–Kier alpha value is -2.62. The highest BCUT2D eigenvalue weighted by Gasteiger charge is 2.34. The fourth-order valence-electron chi connectivity index (χ4n) is 6.84. The van der Waals surface area contributed by atoms with E-state index in [0.717, 1.165) is 87.0 Å². The normalized spacial score (nSPS) is 23.0. The molecule has 5 rings (SSSR count). The molecule has 1 saturated carbocycles. The molecule has 2 aromatic rings. The van der Waals surface area contributed by atoms with Crippen molar-refractivity contribution in [2.24, 2.45) is 5.73 Å². The maximum absolute atomic E-state index is 11.6. The number of carbonyl (C=O) groups is 2. The van der Waals surface area contributed by atoms with Crippen LogP contribution < -0.4 is 15.8 Å². The molecule has 2 atom stereocenters.